The Hall–Kier alpha value is -1.43. The summed E-state index contributed by atoms with van der Waals surface area (Å²) < 4.78 is 2.21. The number of anilines is 1. The highest BCUT2D eigenvalue weighted by atomic mass is 32.1. The Bertz CT molecular complexity index is 538. The van der Waals surface area contributed by atoms with Crippen molar-refractivity contribution >= 4 is 16.5 Å². The first kappa shape index (κ1) is 11.6. The van der Waals surface area contributed by atoms with Crippen LogP contribution in [0.5, 0.6) is 0 Å². The van der Waals surface area contributed by atoms with Crippen LogP contribution in [0.25, 0.3) is 10.7 Å². The maximum Gasteiger partial charge on any atom is 0.180 e. The van der Waals surface area contributed by atoms with Crippen LogP contribution in [0.3, 0.4) is 0 Å². The number of aromatic nitrogens is 4. The molecule has 2 heterocycles. The maximum atomic E-state index is 5.76. The molecule has 0 unspecified atom stereocenters. The second-order valence-corrected chi connectivity index (χ2v) is 5.85. The summed E-state index contributed by atoms with van der Waals surface area (Å²) in [7, 11) is 0. The molecule has 2 N–H and O–H groups in total. The molecule has 0 aliphatic heterocycles. The predicted molar refractivity (Wildman–Crippen MR) is 72.4 cm³/mol. The van der Waals surface area contributed by atoms with E-state index in [9.17, 15) is 0 Å². The summed E-state index contributed by atoms with van der Waals surface area (Å²) >= 11 is 1.49. The number of aryl methyl sites for hydroxylation is 1. The van der Waals surface area contributed by atoms with Gasteiger partial charge in [-0.25, -0.2) is 4.98 Å². The minimum Gasteiger partial charge on any atom is -0.375 e. The molecule has 0 amide bonds. The van der Waals surface area contributed by atoms with E-state index in [0.29, 0.717) is 11.2 Å². The second kappa shape index (κ2) is 4.68. The lowest BCUT2D eigenvalue weighted by Gasteiger charge is -2.23. The Balaban J connectivity index is 1.98. The molecule has 0 aromatic carbocycles. The molecule has 0 spiro atoms. The van der Waals surface area contributed by atoms with E-state index in [2.05, 4.69) is 19.7 Å². The zero-order valence-corrected chi connectivity index (χ0v) is 11.3. The first-order valence-electron chi connectivity index (χ1n) is 6.38. The normalized spacial score (nSPS) is 17.2. The van der Waals surface area contributed by atoms with Gasteiger partial charge in [0, 0.05) is 6.04 Å². The van der Waals surface area contributed by atoms with Crippen LogP contribution < -0.4 is 5.73 Å². The molecule has 2 aromatic heterocycles. The fraction of sp³-hybridized carbons (Fsp3) is 0.583. The predicted octanol–water partition coefficient (Wildman–Crippen LogP) is 2.80. The van der Waals surface area contributed by atoms with Gasteiger partial charge >= 0.3 is 0 Å². The first-order valence-corrected chi connectivity index (χ1v) is 7.20. The molecule has 0 bridgehead atoms. The Morgan fingerprint density at radius 3 is 2.78 bits per heavy atom. The Labute approximate surface area is 110 Å². The highest BCUT2D eigenvalue weighted by molar-refractivity contribution is 7.18. The lowest BCUT2D eigenvalue weighted by Crippen LogP contribution is -2.13. The van der Waals surface area contributed by atoms with Gasteiger partial charge in [0.25, 0.3) is 0 Å². The minimum absolute atomic E-state index is 0.534. The highest BCUT2D eigenvalue weighted by Gasteiger charge is 2.21. The summed E-state index contributed by atoms with van der Waals surface area (Å²) in [6.45, 7) is 1.97. The van der Waals surface area contributed by atoms with Crippen molar-refractivity contribution in [2.24, 2.45) is 0 Å². The molecule has 1 saturated carbocycles. The van der Waals surface area contributed by atoms with Crippen LogP contribution in [0.2, 0.25) is 0 Å². The average molecular weight is 263 g/mol. The van der Waals surface area contributed by atoms with E-state index in [1.54, 1.807) is 0 Å². The van der Waals surface area contributed by atoms with Gasteiger partial charge in [-0.3, -0.25) is 0 Å². The zero-order chi connectivity index (χ0) is 12.5. The molecule has 3 rings (SSSR count). The Morgan fingerprint density at radius 2 is 2.11 bits per heavy atom. The lowest BCUT2D eigenvalue weighted by molar-refractivity contribution is 0.355. The Kier molecular flexibility index (Phi) is 3.03. The number of nitrogens with zero attached hydrogens (tertiary/aromatic N) is 4. The fourth-order valence-corrected chi connectivity index (χ4v) is 3.48. The molecular formula is C12H17N5S. The van der Waals surface area contributed by atoms with Crippen molar-refractivity contribution in [3.63, 3.8) is 0 Å². The van der Waals surface area contributed by atoms with E-state index in [0.717, 1.165) is 16.4 Å². The van der Waals surface area contributed by atoms with Gasteiger partial charge in [-0.15, -0.1) is 10.2 Å². The molecular weight excluding hydrogens is 246 g/mol. The summed E-state index contributed by atoms with van der Waals surface area (Å²) in [5.41, 5.74) is 6.71. The van der Waals surface area contributed by atoms with Gasteiger partial charge in [0.1, 0.15) is 6.33 Å². The molecule has 5 nitrogen and oxygen atoms in total. The quantitative estimate of drug-likeness (QED) is 0.904. The molecule has 1 aliphatic rings. The van der Waals surface area contributed by atoms with E-state index < -0.39 is 0 Å². The number of rotatable bonds is 2. The summed E-state index contributed by atoms with van der Waals surface area (Å²) in [5, 5.41) is 8.94. The van der Waals surface area contributed by atoms with E-state index in [-0.39, 0.29) is 0 Å². The summed E-state index contributed by atoms with van der Waals surface area (Å²) in [6.07, 6.45) is 8.23. The molecule has 0 saturated heterocycles. The van der Waals surface area contributed by atoms with Crippen molar-refractivity contribution in [3.05, 3.63) is 12.0 Å². The summed E-state index contributed by atoms with van der Waals surface area (Å²) in [6, 6.07) is 0.534. The number of nitrogen functional groups attached to an aromatic ring is 1. The largest absolute Gasteiger partial charge is 0.375 e. The Morgan fingerprint density at radius 1 is 1.33 bits per heavy atom. The molecule has 1 aliphatic carbocycles. The minimum atomic E-state index is 0.534. The van der Waals surface area contributed by atoms with Crippen molar-refractivity contribution in [2.45, 2.75) is 45.1 Å². The SMILES string of the molecule is Cc1nc(N)sc1-c1nncn1C1CCCCC1. The van der Waals surface area contributed by atoms with Crippen molar-refractivity contribution in [2.75, 3.05) is 5.73 Å². The fourth-order valence-electron chi connectivity index (χ4n) is 2.66. The first-order chi connectivity index (χ1) is 8.75. The molecule has 1 fully saturated rings. The van der Waals surface area contributed by atoms with Crippen molar-refractivity contribution < 1.29 is 0 Å². The van der Waals surface area contributed by atoms with Gasteiger partial charge in [0.05, 0.1) is 10.6 Å². The van der Waals surface area contributed by atoms with Crippen LogP contribution in [-0.4, -0.2) is 19.7 Å². The standard InChI is InChI=1S/C12H17N5S/c1-8-10(18-12(13)15-8)11-16-14-7-17(11)9-5-3-2-4-6-9/h7,9H,2-6H2,1H3,(H2,13,15). The van der Waals surface area contributed by atoms with E-state index in [1.165, 1.54) is 43.4 Å². The third-order valence-corrected chi connectivity index (χ3v) is 4.54. The van der Waals surface area contributed by atoms with Gasteiger partial charge in [0.2, 0.25) is 0 Å². The second-order valence-electron chi connectivity index (χ2n) is 4.82. The lowest BCUT2D eigenvalue weighted by atomic mass is 9.95. The number of nitrogens with two attached hydrogens (primary N) is 1. The van der Waals surface area contributed by atoms with Crippen LogP contribution in [-0.2, 0) is 0 Å². The smallest absolute Gasteiger partial charge is 0.180 e. The average Bonchev–Trinajstić information content (AvgIpc) is 2.96. The van der Waals surface area contributed by atoms with Gasteiger partial charge in [-0.1, -0.05) is 30.6 Å². The van der Waals surface area contributed by atoms with E-state index >= 15 is 0 Å². The van der Waals surface area contributed by atoms with Crippen LogP contribution in [0, 0.1) is 6.92 Å². The maximum absolute atomic E-state index is 5.76. The molecule has 6 heteroatoms. The zero-order valence-electron chi connectivity index (χ0n) is 10.5. The summed E-state index contributed by atoms with van der Waals surface area (Å²) in [5.74, 6) is 0.925. The van der Waals surface area contributed by atoms with E-state index in [1.807, 2.05) is 13.3 Å². The van der Waals surface area contributed by atoms with Crippen molar-refractivity contribution in [1.29, 1.82) is 0 Å². The van der Waals surface area contributed by atoms with Gasteiger partial charge in [-0.05, 0) is 19.8 Å². The number of thiazole rings is 1. The van der Waals surface area contributed by atoms with Crippen LogP contribution >= 0.6 is 11.3 Å². The van der Waals surface area contributed by atoms with Gasteiger partial charge in [0.15, 0.2) is 11.0 Å². The molecule has 2 aromatic rings. The van der Waals surface area contributed by atoms with E-state index in [4.69, 9.17) is 5.73 Å². The highest BCUT2D eigenvalue weighted by Crippen LogP contribution is 2.35. The van der Waals surface area contributed by atoms with Gasteiger partial charge in [-0.2, -0.15) is 0 Å². The molecule has 18 heavy (non-hydrogen) atoms. The number of hydrogen-bond donors (Lipinski definition) is 1. The van der Waals surface area contributed by atoms with Crippen LogP contribution in [0.15, 0.2) is 6.33 Å². The molecule has 0 atom stereocenters. The van der Waals surface area contributed by atoms with Crippen LogP contribution in [0.1, 0.15) is 43.8 Å². The third-order valence-electron chi connectivity index (χ3n) is 3.56. The van der Waals surface area contributed by atoms with Crippen LogP contribution in [0.4, 0.5) is 5.13 Å². The van der Waals surface area contributed by atoms with Crippen molar-refractivity contribution in [3.8, 4) is 10.7 Å². The summed E-state index contributed by atoms with van der Waals surface area (Å²) in [4.78, 5) is 5.32. The molecule has 0 radical (unpaired) electrons. The topological polar surface area (TPSA) is 69.6 Å². The monoisotopic (exact) mass is 263 g/mol. The number of hydrogen-bond acceptors (Lipinski definition) is 5. The molecule has 96 valence electrons. The van der Waals surface area contributed by atoms with Gasteiger partial charge < -0.3 is 10.3 Å². The third kappa shape index (κ3) is 2.01. The van der Waals surface area contributed by atoms with Crippen molar-refractivity contribution in [1.82, 2.24) is 19.7 Å².